The number of hydrogen-bond donors (Lipinski definition) is 11. The average molecular weight is 1330 g/mol. The Balaban J connectivity index is 1.53. The first-order valence-corrected chi connectivity index (χ1v) is 34.4. The molecule has 0 aromatic rings. The molecule has 3 aliphatic rings. The molecular weight excluding hydrogens is 1200 g/mol. The van der Waals surface area contributed by atoms with E-state index in [1.54, 1.807) is 20.8 Å². The van der Waals surface area contributed by atoms with Crippen LogP contribution in [0.3, 0.4) is 0 Å². The molecule has 11 N–H and O–H groups in total. The number of hydrogen-bond acceptors (Lipinski definition) is 24. The Labute approximate surface area is 546 Å². The summed E-state index contributed by atoms with van der Waals surface area (Å²) in [4.78, 5) is 65.8. The van der Waals surface area contributed by atoms with Crippen LogP contribution >= 0.6 is 0 Å². The van der Waals surface area contributed by atoms with Gasteiger partial charge in [-0.15, -0.1) is 0 Å². The molecule has 92 heavy (non-hydrogen) atoms. The Morgan fingerprint density at radius 1 is 0.391 bits per heavy atom. The first-order valence-electron chi connectivity index (χ1n) is 34.4. The summed E-state index contributed by atoms with van der Waals surface area (Å²) in [5.41, 5.74) is -1.31. The van der Waals surface area contributed by atoms with Gasteiger partial charge in [-0.2, -0.15) is 0 Å². The maximum Gasteiger partial charge on any atom is 0.220 e. The third-order valence-corrected chi connectivity index (χ3v) is 17.2. The number of carbonyl (C=O) groups excluding carboxylic acids is 5. The Bertz CT molecular complexity index is 1800. The molecular formula is C66H120N2O24. The molecule has 3 fully saturated rings. The van der Waals surface area contributed by atoms with E-state index in [0.717, 1.165) is 77.0 Å². The standard InChI is InChI=1S/C66H120N2O24/c1-45(2)86-35-22-31-67-55(75)26-21-27-56(76)68-66(42-83-36-28-49(72)23-15-9-6-12-18-32-87-63-46(3)57(77)60(80)52(39-69)90-63,43-84-37-29-50(73)24-16-10-7-13-19-33-88-64-47(4)58(78)61(81)53(40-70)91-64)44-85-38-30-51(74)25-17-11-8-14-20-34-89-65-48(5)59(79)62(82)54(41-71)92-65/h45-48,52-54,57-65,69-71,77-82H,6-44H2,1-5H3,(H,67,75)(H,68,76)/t46?,47?,48?,52?,53?,54?,57-,58-,59-,60+,61+,62+,63-,64-,65-,66?/m1/s1. The van der Waals surface area contributed by atoms with E-state index in [1.165, 1.54) is 0 Å². The number of aliphatic hydroxyl groups excluding tert-OH is 9. The number of Topliss-reactive ketones (excluding diaryl/α,β-unsaturated/α-hetero) is 3. The number of nitrogens with one attached hydrogen (secondary N) is 2. The smallest absolute Gasteiger partial charge is 0.220 e. The number of ether oxygens (including phenoxy) is 10. The lowest BCUT2D eigenvalue weighted by atomic mass is 9.92. The zero-order chi connectivity index (χ0) is 67.7. The van der Waals surface area contributed by atoms with Crippen molar-refractivity contribution in [2.75, 3.05) is 92.4 Å². The molecule has 0 spiro atoms. The quantitative estimate of drug-likeness (QED) is 0.0390. The van der Waals surface area contributed by atoms with E-state index in [0.29, 0.717) is 77.9 Å². The van der Waals surface area contributed by atoms with E-state index in [9.17, 15) is 69.9 Å². The number of unbranched alkanes of at least 4 members (excludes halogenated alkanes) is 12. The number of aliphatic hydroxyl groups is 9. The van der Waals surface area contributed by atoms with Crippen molar-refractivity contribution in [3.8, 4) is 0 Å². The van der Waals surface area contributed by atoms with Crippen molar-refractivity contribution in [3.63, 3.8) is 0 Å². The summed E-state index contributed by atoms with van der Waals surface area (Å²) >= 11 is 0. The van der Waals surface area contributed by atoms with Gasteiger partial charge in [0.05, 0.1) is 83.9 Å². The second-order valence-corrected chi connectivity index (χ2v) is 25.7. The highest BCUT2D eigenvalue weighted by molar-refractivity contribution is 5.80. The Morgan fingerprint density at radius 3 is 1.05 bits per heavy atom. The highest BCUT2D eigenvalue weighted by Crippen LogP contribution is 2.30. The molecule has 538 valence electrons. The maximum absolute atomic E-state index is 13.8. The SMILES string of the molecule is CC(C)OCCCNC(=O)CCCC(=O)NC(COCCC(=O)CCCCCCCO[C@@H]1OC(CO)[C@H](O)[C@H](O)C1C)(COCCC(=O)CCCCCCCO[C@@H]1OC(CO)[C@H](O)[C@H](O)C1C)COCCC(=O)CCCCCCCO[C@@H]1OC(CO)[C@H](O)[C@H](O)C1C. The van der Waals surface area contributed by atoms with Gasteiger partial charge in [0.2, 0.25) is 11.8 Å². The first kappa shape index (κ1) is 83.4. The Hall–Kier alpha value is -2.81. The Kier molecular flexibility index (Phi) is 44.3. The molecule has 0 bridgehead atoms. The van der Waals surface area contributed by atoms with Crippen molar-refractivity contribution < 1.29 is 117 Å². The summed E-state index contributed by atoms with van der Waals surface area (Å²) in [6.07, 6.45) is 2.38. The highest BCUT2D eigenvalue weighted by Gasteiger charge is 2.45. The minimum atomic E-state index is -1.31. The van der Waals surface area contributed by atoms with E-state index in [-0.39, 0.29) is 108 Å². The number of amides is 2. The molecule has 26 nitrogen and oxygen atoms in total. The van der Waals surface area contributed by atoms with Gasteiger partial charge in [-0.05, 0) is 65.2 Å². The summed E-state index contributed by atoms with van der Waals surface area (Å²) in [6, 6.07) is 0. The average Bonchev–Trinajstić information content (AvgIpc) is 0.951. The molecule has 3 rings (SSSR count). The molecule has 0 radical (unpaired) electrons. The minimum absolute atomic E-state index is 0.00498. The van der Waals surface area contributed by atoms with E-state index < -0.39 is 123 Å². The predicted octanol–water partition coefficient (Wildman–Crippen LogP) is 3.17. The predicted molar refractivity (Wildman–Crippen MR) is 337 cm³/mol. The van der Waals surface area contributed by atoms with E-state index in [2.05, 4.69) is 10.6 Å². The minimum Gasteiger partial charge on any atom is -0.394 e. The first-order chi connectivity index (χ1) is 44.2. The molecule has 26 heteroatoms. The second kappa shape index (κ2) is 48.8. The monoisotopic (exact) mass is 1320 g/mol. The second-order valence-electron chi connectivity index (χ2n) is 25.7. The molecule has 0 aromatic carbocycles. The van der Waals surface area contributed by atoms with Crippen LogP contribution in [-0.2, 0) is 71.3 Å². The van der Waals surface area contributed by atoms with Crippen molar-refractivity contribution in [1.29, 1.82) is 0 Å². The fraction of sp³-hybridized carbons (Fsp3) is 0.924. The Morgan fingerprint density at radius 2 is 0.717 bits per heavy atom. The van der Waals surface area contributed by atoms with Crippen molar-refractivity contribution in [3.05, 3.63) is 0 Å². The fourth-order valence-electron chi connectivity index (χ4n) is 11.1. The molecule has 0 saturated carbocycles. The number of ketones is 3. The maximum atomic E-state index is 13.8. The van der Waals surface area contributed by atoms with Gasteiger partial charge in [-0.25, -0.2) is 0 Å². The molecule has 15 atom stereocenters. The van der Waals surface area contributed by atoms with Gasteiger partial charge in [0.1, 0.15) is 59.5 Å². The lowest BCUT2D eigenvalue weighted by Crippen LogP contribution is -2.58. The third kappa shape index (κ3) is 33.4. The van der Waals surface area contributed by atoms with Crippen LogP contribution in [0.2, 0.25) is 0 Å². The van der Waals surface area contributed by atoms with Crippen molar-refractivity contribution in [2.45, 2.75) is 281 Å². The summed E-state index contributed by atoms with van der Waals surface area (Å²) in [5, 5.41) is 95.7. The van der Waals surface area contributed by atoms with Gasteiger partial charge >= 0.3 is 0 Å². The molecule has 3 aliphatic heterocycles. The number of rotatable bonds is 55. The van der Waals surface area contributed by atoms with Gasteiger partial charge in [-0.3, -0.25) is 24.0 Å². The van der Waals surface area contributed by atoms with E-state index in [1.807, 2.05) is 13.8 Å². The van der Waals surface area contributed by atoms with Crippen LogP contribution in [0.1, 0.15) is 195 Å². The molecule has 6 unspecified atom stereocenters. The van der Waals surface area contributed by atoms with Crippen LogP contribution in [0, 0.1) is 17.8 Å². The fourth-order valence-corrected chi connectivity index (χ4v) is 11.1. The summed E-state index contributed by atoms with van der Waals surface area (Å²) in [6.45, 7) is 9.51. The molecule has 2 amide bonds. The van der Waals surface area contributed by atoms with Crippen LogP contribution in [-0.4, -0.2) is 253 Å². The summed E-state index contributed by atoms with van der Waals surface area (Å²) in [5.74, 6) is -1.99. The highest BCUT2D eigenvalue weighted by atomic mass is 16.7. The lowest BCUT2D eigenvalue weighted by Gasteiger charge is -2.40. The largest absolute Gasteiger partial charge is 0.394 e. The molecule has 0 aliphatic carbocycles. The molecule has 0 aromatic heterocycles. The van der Waals surface area contributed by atoms with Crippen LogP contribution in [0.4, 0.5) is 0 Å². The van der Waals surface area contributed by atoms with Gasteiger partial charge in [0.25, 0.3) is 0 Å². The van der Waals surface area contributed by atoms with Crippen LogP contribution in [0.15, 0.2) is 0 Å². The topological polar surface area (TPSA) is 384 Å². The third-order valence-electron chi connectivity index (χ3n) is 17.2. The van der Waals surface area contributed by atoms with Crippen LogP contribution in [0.5, 0.6) is 0 Å². The molecule has 3 heterocycles. The lowest BCUT2D eigenvalue weighted by molar-refractivity contribution is -0.282. The molecule has 3 saturated heterocycles. The van der Waals surface area contributed by atoms with Gasteiger partial charge in [0, 0.05) is 102 Å². The number of carbonyl (C=O) groups is 5. The van der Waals surface area contributed by atoms with Crippen molar-refractivity contribution in [2.24, 2.45) is 17.8 Å². The van der Waals surface area contributed by atoms with E-state index in [4.69, 9.17) is 47.4 Å². The van der Waals surface area contributed by atoms with Gasteiger partial charge < -0.3 is 104 Å². The van der Waals surface area contributed by atoms with Gasteiger partial charge in [-0.1, -0.05) is 78.6 Å². The summed E-state index contributed by atoms with van der Waals surface area (Å²) < 4.78 is 58.4. The zero-order valence-electron chi connectivity index (χ0n) is 56.0. The van der Waals surface area contributed by atoms with Crippen LogP contribution in [0.25, 0.3) is 0 Å². The zero-order valence-corrected chi connectivity index (χ0v) is 56.0. The van der Waals surface area contributed by atoms with E-state index >= 15 is 0 Å². The summed E-state index contributed by atoms with van der Waals surface area (Å²) in [7, 11) is 0. The van der Waals surface area contributed by atoms with Crippen molar-refractivity contribution in [1.82, 2.24) is 10.6 Å². The van der Waals surface area contributed by atoms with Crippen molar-refractivity contribution >= 4 is 29.2 Å². The normalized spacial score (nSPS) is 27.4. The van der Waals surface area contributed by atoms with Crippen LogP contribution < -0.4 is 10.6 Å². The van der Waals surface area contributed by atoms with Gasteiger partial charge in [0.15, 0.2) is 18.9 Å².